The van der Waals surface area contributed by atoms with Gasteiger partial charge in [-0.2, -0.15) is 4.98 Å². The van der Waals surface area contributed by atoms with Gasteiger partial charge in [-0.05, 0) is 55.7 Å². The van der Waals surface area contributed by atoms with Crippen molar-refractivity contribution in [3.63, 3.8) is 0 Å². The van der Waals surface area contributed by atoms with Crippen LogP contribution in [0.2, 0.25) is 0 Å². The van der Waals surface area contributed by atoms with E-state index in [9.17, 15) is 9.90 Å². The van der Waals surface area contributed by atoms with E-state index in [0.717, 1.165) is 52.0 Å². The van der Waals surface area contributed by atoms with Crippen LogP contribution in [0.5, 0.6) is 0 Å². The molecule has 0 saturated heterocycles. The molecule has 1 aliphatic heterocycles. The molecule has 1 amide bonds. The molecule has 1 aliphatic carbocycles. The number of nitrogens with one attached hydrogen (secondary N) is 1. The Morgan fingerprint density at radius 3 is 2.76 bits per heavy atom. The van der Waals surface area contributed by atoms with Crippen LogP contribution in [0, 0.1) is 5.92 Å². The number of amides is 1. The van der Waals surface area contributed by atoms with Gasteiger partial charge in [0.05, 0.1) is 24.0 Å². The highest BCUT2D eigenvalue weighted by Gasteiger charge is 2.25. The largest absolute Gasteiger partial charge is 0.465 e. The van der Waals surface area contributed by atoms with Gasteiger partial charge in [0.1, 0.15) is 11.5 Å². The van der Waals surface area contributed by atoms with Crippen molar-refractivity contribution >= 4 is 39.8 Å². The molecule has 4 aromatic rings. The maximum Gasteiger partial charge on any atom is 0.407 e. The molecule has 2 aliphatic rings. The van der Waals surface area contributed by atoms with Gasteiger partial charge in [0.15, 0.2) is 0 Å². The molecule has 5 heterocycles. The summed E-state index contributed by atoms with van der Waals surface area (Å²) >= 11 is 0. The zero-order valence-electron chi connectivity index (χ0n) is 19.1. The molecule has 0 radical (unpaired) electrons. The van der Waals surface area contributed by atoms with E-state index in [1.807, 2.05) is 36.8 Å². The molecule has 1 saturated carbocycles. The average Bonchev–Trinajstić information content (AvgIpc) is 3.18. The van der Waals surface area contributed by atoms with Gasteiger partial charge in [-0.3, -0.25) is 4.98 Å². The molecule has 4 aromatic heterocycles. The normalized spacial score (nSPS) is 20.4. The van der Waals surface area contributed by atoms with E-state index >= 15 is 0 Å². The molecule has 1 fully saturated rings. The highest BCUT2D eigenvalue weighted by molar-refractivity contribution is 6.06. The van der Waals surface area contributed by atoms with E-state index in [0.29, 0.717) is 37.3 Å². The number of fused-ring (bicyclic) bond motifs is 4. The fourth-order valence-electron chi connectivity index (χ4n) is 5.35. The predicted molar refractivity (Wildman–Crippen MR) is 129 cm³/mol. The third-order valence-electron chi connectivity index (χ3n) is 7.27. The molecular formula is C25H27N7O2. The number of pyridine rings is 2. The number of hydrogen-bond acceptors (Lipinski definition) is 6. The number of rotatable bonds is 3. The number of aromatic nitrogens is 5. The van der Waals surface area contributed by atoms with Gasteiger partial charge >= 0.3 is 6.09 Å². The minimum absolute atomic E-state index is 0.293. The van der Waals surface area contributed by atoms with Gasteiger partial charge in [-0.1, -0.05) is 13.0 Å². The van der Waals surface area contributed by atoms with Crippen molar-refractivity contribution in [1.82, 2.24) is 29.4 Å². The Kier molecular flexibility index (Phi) is 5.04. The Morgan fingerprint density at radius 2 is 1.94 bits per heavy atom. The first-order chi connectivity index (χ1) is 16.6. The summed E-state index contributed by atoms with van der Waals surface area (Å²) in [6.45, 7) is 3.12. The van der Waals surface area contributed by atoms with Crippen LogP contribution in [0.15, 0.2) is 36.8 Å². The highest BCUT2D eigenvalue weighted by Crippen LogP contribution is 2.38. The summed E-state index contributed by atoms with van der Waals surface area (Å²) in [4.78, 5) is 31.3. The van der Waals surface area contributed by atoms with Crippen LogP contribution in [0.25, 0.3) is 21.9 Å². The van der Waals surface area contributed by atoms with Gasteiger partial charge in [0, 0.05) is 35.8 Å². The van der Waals surface area contributed by atoms with Crippen LogP contribution in [0.3, 0.4) is 0 Å². The SMILES string of the molecule is CC1CCC(n2c3cnccc3c3cnc(Nc4ccc5c(n4)CN(C(=O)O)CC5)nc32)CC1. The van der Waals surface area contributed by atoms with Crippen molar-refractivity contribution in [2.75, 3.05) is 11.9 Å². The molecular weight excluding hydrogens is 430 g/mol. The lowest BCUT2D eigenvalue weighted by molar-refractivity contribution is 0.139. The number of carboxylic acid groups (broad SMARTS) is 1. The van der Waals surface area contributed by atoms with Crippen LogP contribution < -0.4 is 5.32 Å². The van der Waals surface area contributed by atoms with E-state index in [4.69, 9.17) is 4.98 Å². The summed E-state index contributed by atoms with van der Waals surface area (Å²) in [6.07, 6.45) is 10.1. The summed E-state index contributed by atoms with van der Waals surface area (Å²) in [7, 11) is 0. The molecule has 34 heavy (non-hydrogen) atoms. The zero-order chi connectivity index (χ0) is 23.2. The van der Waals surface area contributed by atoms with Crippen LogP contribution in [0.1, 0.15) is 49.9 Å². The summed E-state index contributed by atoms with van der Waals surface area (Å²) in [5.41, 5.74) is 3.87. The van der Waals surface area contributed by atoms with Crippen molar-refractivity contribution in [2.45, 2.75) is 51.6 Å². The molecule has 0 atom stereocenters. The highest BCUT2D eigenvalue weighted by atomic mass is 16.4. The van der Waals surface area contributed by atoms with E-state index in [-0.39, 0.29) is 0 Å². The molecule has 2 N–H and O–H groups in total. The lowest BCUT2D eigenvalue weighted by Crippen LogP contribution is -2.35. The zero-order valence-corrected chi connectivity index (χ0v) is 19.1. The second-order valence-corrected chi connectivity index (χ2v) is 9.49. The molecule has 0 bridgehead atoms. The predicted octanol–water partition coefficient (Wildman–Crippen LogP) is 4.91. The van der Waals surface area contributed by atoms with Gasteiger partial charge in [0.2, 0.25) is 5.95 Å². The second-order valence-electron chi connectivity index (χ2n) is 9.49. The minimum Gasteiger partial charge on any atom is -0.465 e. The van der Waals surface area contributed by atoms with E-state index in [1.54, 1.807) is 0 Å². The van der Waals surface area contributed by atoms with Crippen LogP contribution >= 0.6 is 0 Å². The quantitative estimate of drug-likeness (QED) is 0.450. The first kappa shape index (κ1) is 20.8. The van der Waals surface area contributed by atoms with E-state index in [2.05, 4.69) is 31.8 Å². The Labute approximate surface area is 196 Å². The maximum atomic E-state index is 11.4. The Hall–Kier alpha value is -3.75. The fraction of sp³-hybridized carbons (Fsp3) is 0.400. The first-order valence-corrected chi connectivity index (χ1v) is 11.9. The lowest BCUT2D eigenvalue weighted by Gasteiger charge is -2.28. The lowest BCUT2D eigenvalue weighted by atomic mass is 9.87. The van der Waals surface area contributed by atoms with Crippen LogP contribution in [-0.4, -0.2) is 47.1 Å². The monoisotopic (exact) mass is 457 g/mol. The number of anilines is 2. The third kappa shape index (κ3) is 3.61. The summed E-state index contributed by atoms with van der Waals surface area (Å²) in [5, 5.41) is 14.7. The van der Waals surface area contributed by atoms with Crippen molar-refractivity contribution in [2.24, 2.45) is 5.92 Å². The summed E-state index contributed by atoms with van der Waals surface area (Å²) in [5.74, 6) is 1.86. The molecule has 9 nitrogen and oxygen atoms in total. The van der Waals surface area contributed by atoms with Crippen molar-refractivity contribution < 1.29 is 9.90 Å². The van der Waals surface area contributed by atoms with Gasteiger partial charge in [-0.15, -0.1) is 0 Å². The fourth-order valence-corrected chi connectivity index (χ4v) is 5.35. The standard InChI is InChI=1S/C25H27N7O2/c1-15-2-5-17(6-3-15)32-21-13-26-10-8-18(21)19-12-27-24(30-23(19)32)29-22-7-4-16-9-11-31(25(33)34)14-20(16)28-22/h4,7-8,10,12-13,15,17H,2-3,5-6,9,11,14H2,1H3,(H,33,34)(H,27,28,29,30). The molecule has 0 unspecified atom stereocenters. The summed E-state index contributed by atoms with van der Waals surface area (Å²) < 4.78 is 2.35. The maximum absolute atomic E-state index is 11.4. The van der Waals surface area contributed by atoms with Crippen molar-refractivity contribution in [3.05, 3.63) is 48.0 Å². The molecule has 9 heteroatoms. The molecule has 6 rings (SSSR count). The second kappa shape index (κ2) is 8.23. The number of nitrogens with zero attached hydrogens (tertiary/aromatic N) is 6. The van der Waals surface area contributed by atoms with E-state index < -0.39 is 6.09 Å². The first-order valence-electron chi connectivity index (χ1n) is 11.9. The van der Waals surface area contributed by atoms with E-state index in [1.165, 1.54) is 17.7 Å². The van der Waals surface area contributed by atoms with Crippen LogP contribution in [-0.2, 0) is 13.0 Å². The molecule has 174 valence electrons. The third-order valence-corrected chi connectivity index (χ3v) is 7.27. The van der Waals surface area contributed by atoms with Gasteiger partial charge in [0.25, 0.3) is 0 Å². The summed E-state index contributed by atoms with van der Waals surface area (Å²) in [6, 6.07) is 6.35. The molecule has 0 aromatic carbocycles. The Morgan fingerprint density at radius 1 is 1.09 bits per heavy atom. The van der Waals surface area contributed by atoms with Crippen LogP contribution in [0.4, 0.5) is 16.6 Å². The van der Waals surface area contributed by atoms with Gasteiger partial charge in [-0.25, -0.2) is 14.8 Å². The Balaban J connectivity index is 1.37. The number of carbonyl (C=O) groups is 1. The van der Waals surface area contributed by atoms with Gasteiger partial charge < -0.3 is 19.9 Å². The van der Waals surface area contributed by atoms with Crippen molar-refractivity contribution in [1.29, 1.82) is 0 Å². The smallest absolute Gasteiger partial charge is 0.407 e. The Bertz CT molecular complexity index is 1390. The van der Waals surface area contributed by atoms with Crippen molar-refractivity contribution in [3.8, 4) is 0 Å². The molecule has 0 spiro atoms. The number of hydrogen-bond donors (Lipinski definition) is 2. The topological polar surface area (TPSA) is 109 Å². The minimum atomic E-state index is -0.918. The average molecular weight is 458 g/mol.